The first-order chi connectivity index (χ1) is 9.58. The van der Waals surface area contributed by atoms with Gasteiger partial charge in [-0.25, -0.2) is 0 Å². The molecule has 20 heavy (non-hydrogen) atoms. The Morgan fingerprint density at radius 3 is 2.15 bits per heavy atom. The molecule has 4 N–H and O–H groups in total. The van der Waals surface area contributed by atoms with E-state index in [9.17, 15) is 20.4 Å². The van der Waals surface area contributed by atoms with Crippen molar-refractivity contribution in [2.24, 2.45) is 0 Å². The van der Waals surface area contributed by atoms with Crippen LogP contribution in [0.5, 0.6) is 23.0 Å². The largest absolute Gasteiger partial charge is 0.504 e. The van der Waals surface area contributed by atoms with Crippen LogP contribution < -0.4 is 0 Å². The Bertz CT molecular complexity index is 809. The molecule has 0 spiro atoms. The topological polar surface area (TPSA) is 80.9 Å². The minimum atomic E-state index is -0.283. The maximum absolute atomic E-state index is 10.1. The van der Waals surface area contributed by atoms with E-state index in [0.717, 1.165) is 10.8 Å². The maximum Gasteiger partial charge on any atom is 0.166 e. The summed E-state index contributed by atoms with van der Waals surface area (Å²) in [6, 6.07) is 13.0. The number of phenolic OH excluding ortho intramolecular Hbond substituents is 4. The first-order valence-electron chi connectivity index (χ1n) is 6.04. The predicted octanol–water partition coefficient (Wildman–Crippen LogP) is 3.33. The quantitative estimate of drug-likeness (QED) is 0.510. The van der Waals surface area contributed by atoms with Crippen molar-refractivity contribution >= 4 is 10.8 Å². The summed E-state index contributed by atoms with van der Waals surface area (Å²) >= 11 is 0. The number of hydrogen-bond acceptors (Lipinski definition) is 4. The van der Waals surface area contributed by atoms with Gasteiger partial charge in [-0.3, -0.25) is 0 Å². The Morgan fingerprint density at radius 1 is 0.650 bits per heavy atom. The Labute approximate surface area is 114 Å². The minimum absolute atomic E-state index is 0.230. The molecule has 4 heteroatoms. The molecule has 0 aliphatic heterocycles. The van der Waals surface area contributed by atoms with Gasteiger partial charge in [0, 0.05) is 5.56 Å². The standard InChI is InChI=1S/C16H12O4/c17-12-6-5-10(8-13(12)18)15-11-4-2-1-3-9(11)7-14(19)16(15)20/h1-8,17-20H. The van der Waals surface area contributed by atoms with Gasteiger partial charge >= 0.3 is 0 Å². The van der Waals surface area contributed by atoms with Crippen molar-refractivity contribution < 1.29 is 20.4 Å². The average molecular weight is 268 g/mol. The van der Waals surface area contributed by atoms with Crippen LogP contribution in [0.15, 0.2) is 48.5 Å². The first kappa shape index (κ1) is 12.2. The molecular weight excluding hydrogens is 256 g/mol. The van der Waals surface area contributed by atoms with Crippen molar-refractivity contribution in [3.8, 4) is 34.1 Å². The highest BCUT2D eigenvalue weighted by Gasteiger charge is 2.15. The van der Waals surface area contributed by atoms with Gasteiger partial charge in [0.2, 0.25) is 0 Å². The van der Waals surface area contributed by atoms with Crippen LogP contribution in [0.3, 0.4) is 0 Å². The van der Waals surface area contributed by atoms with Gasteiger partial charge in [0.25, 0.3) is 0 Å². The van der Waals surface area contributed by atoms with E-state index in [-0.39, 0.29) is 23.0 Å². The number of rotatable bonds is 1. The lowest BCUT2D eigenvalue weighted by Gasteiger charge is -2.12. The molecule has 100 valence electrons. The van der Waals surface area contributed by atoms with Crippen molar-refractivity contribution in [1.82, 2.24) is 0 Å². The lowest BCUT2D eigenvalue weighted by Crippen LogP contribution is -1.84. The van der Waals surface area contributed by atoms with Gasteiger partial charge in [-0.2, -0.15) is 0 Å². The molecule has 3 aromatic carbocycles. The van der Waals surface area contributed by atoms with E-state index in [4.69, 9.17) is 0 Å². The fourth-order valence-corrected chi connectivity index (χ4v) is 2.29. The van der Waals surface area contributed by atoms with E-state index < -0.39 is 0 Å². The summed E-state index contributed by atoms with van der Waals surface area (Å²) in [5, 5.41) is 40.4. The smallest absolute Gasteiger partial charge is 0.166 e. The Hall–Kier alpha value is -2.88. The maximum atomic E-state index is 10.1. The summed E-state index contributed by atoms with van der Waals surface area (Å²) < 4.78 is 0. The van der Waals surface area contributed by atoms with Gasteiger partial charge in [0.1, 0.15) is 0 Å². The van der Waals surface area contributed by atoms with E-state index in [2.05, 4.69) is 0 Å². The molecule has 3 aromatic rings. The number of benzene rings is 3. The molecule has 4 nitrogen and oxygen atoms in total. The van der Waals surface area contributed by atoms with Crippen LogP contribution >= 0.6 is 0 Å². The number of fused-ring (bicyclic) bond motifs is 1. The minimum Gasteiger partial charge on any atom is -0.504 e. The van der Waals surface area contributed by atoms with Crippen molar-refractivity contribution in [2.75, 3.05) is 0 Å². The molecule has 0 aliphatic carbocycles. The molecule has 0 saturated carbocycles. The molecule has 0 fully saturated rings. The highest BCUT2D eigenvalue weighted by molar-refractivity contribution is 6.01. The molecule has 0 aromatic heterocycles. The second kappa shape index (κ2) is 4.35. The van der Waals surface area contributed by atoms with Crippen LogP contribution in [0.4, 0.5) is 0 Å². The van der Waals surface area contributed by atoms with Crippen molar-refractivity contribution in [2.45, 2.75) is 0 Å². The summed E-state index contributed by atoms with van der Waals surface area (Å²) in [6.45, 7) is 0. The second-order valence-corrected chi connectivity index (χ2v) is 4.54. The average Bonchev–Trinajstić information content (AvgIpc) is 2.44. The monoisotopic (exact) mass is 268 g/mol. The third-order valence-corrected chi connectivity index (χ3v) is 3.27. The van der Waals surface area contributed by atoms with Crippen molar-refractivity contribution in [3.05, 3.63) is 48.5 Å². The lowest BCUT2D eigenvalue weighted by molar-refractivity contribution is 0.403. The van der Waals surface area contributed by atoms with E-state index in [0.29, 0.717) is 11.1 Å². The van der Waals surface area contributed by atoms with Gasteiger partial charge in [0.05, 0.1) is 0 Å². The normalized spacial score (nSPS) is 10.8. The first-order valence-corrected chi connectivity index (χ1v) is 6.04. The molecule has 3 rings (SSSR count). The summed E-state index contributed by atoms with van der Waals surface area (Å²) in [5.41, 5.74) is 0.917. The highest BCUT2D eigenvalue weighted by Crippen LogP contribution is 2.44. The van der Waals surface area contributed by atoms with Crippen LogP contribution in [0.1, 0.15) is 0 Å². The predicted molar refractivity (Wildman–Crippen MR) is 76.0 cm³/mol. The number of phenols is 4. The van der Waals surface area contributed by atoms with Gasteiger partial charge < -0.3 is 20.4 Å². The Morgan fingerprint density at radius 2 is 1.40 bits per heavy atom. The van der Waals surface area contributed by atoms with Gasteiger partial charge in [-0.1, -0.05) is 30.3 Å². The second-order valence-electron chi connectivity index (χ2n) is 4.54. The molecule has 0 atom stereocenters. The molecule has 0 aliphatic rings. The van der Waals surface area contributed by atoms with Gasteiger partial charge in [0.15, 0.2) is 23.0 Å². The van der Waals surface area contributed by atoms with Gasteiger partial charge in [-0.05, 0) is 34.5 Å². The van der Waals surface area contributed by atoms with Gasteiger partial charge in [-0.15, -0.1) is 0 Å². The molecule has 0 saturated heterocycles. The molecule has 0 bridgehead atoms. The molecule has 0 heterocycles. The Kier molecular flexibility index (Phi) is 2.64. The summed E-state index contributed by atoms with van der Waals surface area (Å²) in [6.07, 6.45) is 0. The van der Waals surface area contributed by atoms with Crippen molar-refractivity contribution in [1.29, 1.82) is 0 Å². The van der Waals surface area contributed by atoms with E-state index in [1.807, 2.05) is 24.3 Å². The van der Waals surface area contributed by atoms with E-state index in [1.165, 1.54) is 18.2 Å². The van der Waals surface area contributed by atoms with Crippen LogP contribution in [0.2, 0.25) is 0 Å². The lowest BCUT2D eigenvalue weighted by atomic mass is 9.96. The van der Waals surface area contributed by atoms with Crippen LogP contribution in [0.25, 0.3) is 21.9 Å². The number of aromatic hydroxyl groups is 4. The van der Waals surface area contributed by atoms with Crippen LogP contribution in [-0.2, 0) is 0 Å². The zero-order valence-corrected chi connectivity index (χ0v) is 10.4. The van der Waals surface area contributed by atoms with E-state index in [1.54, 1.807) is 6.07 Å². The molecule has 0 radical (unpaired) electrons. The third kappa shape index (κ3) is 1.78. The highest BCUT2D eigenvalue weighted by atomic mass is 16.3. The Balaban J connectivity index is 2.39. The SMILES string of the molecule is Oc1ccc(-c2c(O)c(O)cc3ccccc23)cc1O. The van der Waals surface area contributed by atoms with Crippen molar-refractivity contribution in [3.63, 3.8) is 0 Å². The van der Waals surface area contributed by atoms with E-state index >= 15 is 0 Å². The number of hydrogen-bond donors (Lipinski definition) is 4. The summed E-state index contributed by atoms with van der Waals surface area (Å²) in [5.74, 6) is -1.01. The van der Waals surface area contributed by atoms with Crippen LogP contribution in [-0.4, -0.2) is 20.4 Å². The van der Waals surface area contributed by atoms with Crippen LogP contribution in [0, 0.1) is 0 Å². The molecule has 0 unspecified atom stereocenters. The fourth-order valence-electron chi connectivity index (χ4n) is 2.29. The zero-order chi connectivity index (χ0) is 14.3. The summed E-state index contributed by atoms with van der Waals surface area (Å²) in [4.78, 5) is 0. The zero-order valence-electron chi connectivity index (χ0n) is 10.4. The summed E-state index contributed by atoms with van der Waals surface area (Å²) in [7, 11) is 0. The third-order valence-electron chi connectivity index (χ3n) is 3.27. The molecular formula is C16H12O4. The fraction of sp³-hybridized carbons (Fsp3) is 0. The molecule has 0 amide bonds.